The summed E-state index contributed by atoms with van der Waals surface area (Å²) in [7, 11) is 0. The van der Waals surface area contributed by atoms with Crippen LogP contribution in [-0.2, 0) is 6.54 Å². The van der Waals surface area contributed by atoms with E-state index in [9.17, 15) is 0 Å². The highest BCUT2D eigenvalue weighted by atomic mass is 35.5. The molecule has 1 aliphatic rings. The fraction of sp³-hybridized carbons (Fsp3) is 0.538. The summed E-state index contributed by atoms with van der Waals surface area (Å²) in [6, 6.07) is 3.79. The van der Waals surface area contributed by atoms with E-state index in [1.165, 1.54) is 0 Å². The number of benzene rings is 1. The summed E-state index contributed by atoms with van der Waals surface area (Å²) in [4.78, 5) is 0. The van der Waals surface area contributed by atoms with Gasteiger partial charge in [-0.25, -0.2) is 0 Å². The predicted octanol–water partition coefficient (Wildman–Crippen LogP) is 2.18. The van der Waals surface area contributed by atoms with Gasteiger partial charge >= 0.3 is 0 Å². The van der Waals surface area contributed by atoms with Crippen molar-refractivity contribution in [1.29, 1.82) is 0 Å². The van der Waals surface area contributed by atoms with Crippen LogP contribution in [0, 0.1) is 5.41 Å². The molecule has 0 unspecified atom stereocenters. The lowest BCUT2D eigenvalue weighted by atomic mass is 9.95. The minimum atomic E-state index is -0.125. The van der Waals surface area contributed by atoms with E-state index in [1.807, 2.05) is 26.0 Å². The Morgan fingerprint density at radius 1 is 1.39 bits per heavy atom. The van der Waals surface area contributed by atoms with Crippen LogP contribution >= 0.6 is 11.6 Å². The minimum Gasteiger partial charge on any atom is -0.454 e. The van der Waals surface area contributed by atoms with Crippen LogP contribution in [-0.4, -0.2) is 25.1 Å². The summed E-state index contributed by atoms with van der Waals surface area (Å²) < 4.78 is 10.6. The lowest BCUT2D eigenvalue weighted by molar-refractivity contribution is 0.156. The molecule has 0 amide bonds. The molecule has 1 aliphatic heterocycles. The van der Waals surface area contributed by atoms with E-state index in [4.69, 9.17) is 26.2 Å². The maximum Gasteiger partial charge on any atom is 0.231 e. The van der Waals surface area contributed by atoms with Crippen LogP contribution in [0.4, 0.5) is 0 Å². The van der Waals surface area contributed by atoms with Gasteiger partial charge in [-0.1, -0.05) is 25.4 Å². The fourth-order valence-electron chi connectivity index (χ4n) is 1.72. The van der Waals surface area contributed by atoms with Crippen molar-refractivity contribution in [2.24, 2.45) is 5.41 Å². The first kappa shape index (κ1) is 13.5. The molecule has 0 fully saturated rings. The molecule has 100 valence electrons. The average molecular weight is 272 g/mol. The molecule has 18 heavy (non-hydrogen) atoms. The highest BCUT2D eigenvalue weighted by molar-refractivity contribution is 6.32. The summed E-state index contributed by atoms with van der Waals surface area (Å²) in [6.07, 6.45) is 0. The van der Waals surface area contributed by atoms with E-state index in [2.05, 4.69) is 5.32 Å². The molecule has 0 saturated carbocycles. The Morgan fingerprint density at radius 2 is 2.17 bits per heavy atom. The third kappa shape index (κ3) is 3.07. The number of hydrogen-bond acceptors (Lipinski definition) is 4. The van der Waals surface area contributed by atoms with E-state index >= 15 is 0 Å². The zero-order chi connectivity index (χ0) is 13.2. The molecule has 0 radical (unpaired) electrons. The van der Waals surface area contributed by atoms with Gasteiger partial charge in [0.25, 0.3) is 0 Å². The van der Waals surface area contributed by atoms with Crippen LogP contribution in [0.1, 0.15) is 19.4 Å². The molecule has 0 bridgehead atoms. The smallest absolute Gasteiger partial charge is 0.231 e. The maximum atomic E-state index is 9.16. The zero-order valence-corrected chi connectivity index (χ0v) is 11.4. The predicted molar refractivity (Wildman–Crippen MR) is 70.1 cm³/mol. The van der Waals surface area contributed by atoms with E-state index in [-0.39, 0.29) is 18.8 Å². The number of nitrogens with one attached hydrogen (secondary N) is 1. The standard InChI is InChI=1S/C13H18ClNO3/c1-13(2,7-16)6-15-5-9-3-10(14)12-11(4-9)17-8-18-12/h3-4,15-16H,5-8H2,1-2H3. The molecule has 0 aliphatic carbocycles. The third-order valence-electron chi connectivity index (χ3n) is 2.85. The van der Waals surface area contributed by atoms with E-state index in [1.54, 1.807) is 0 Å². The number of fused-ring (bicyclic) bond motifs is 1. The largest absolute Gasteiger partial charge is 0.454 e. The Balaban J connectivity index is 1.97. The highest BCUT2D eigenvalue weighted by Crippen LogP contribution is 2.39. The van der Waals surface area contributed by atoms with Crippen molar-refractivity contribution in [2.75, 3.05) is 19.9 Å². The first-order chi connectivity index (χ1) is 8.52. The van der Waals surface area contributed by atoms with Crippen LogP contribution in [0.5, 0.6) is 11.5 Å². The molecule has 1 heterocycles. The van der Waals surface area contributed by atoms with Crippen molar-refractivity contribution in [3.8, 4) is 11.5 Å². The van der Waals surface area contributed by atoms with Crippen LogP contribution < -0.4 is 14.8 Å². The van der Waals surface area contributed by atoms with Gasteiger partial charge in [0.05, 0.1) is 5.02 Å². The van der Waals surface area contributed by atoms with Crippen molar-refractivity contribution in [1.82, 2.24) is 5.32 Å². The van der Waals surface area contributed by atoms with Crippen LogP contribution in [0.15, 0.2) is 12.1 Å². The molecule has 1 aromatic carbocycles. The molecular formula is C13H18ClNO3. The van der Waals surface area contributed by atoms with Gasteiger partial charge in [-0.2, -0.15) is 0 Å². The Hall–Kier alpha value is -0.970. The number of hydrogen-bond donors (Lipinski definition) is 2. The average Bonchev–Trinajstić information content (AvgIpc) is 2.77. The van der Waals surface area contributed by atoms with Gasteiger partial charge in [0, 0.05) is 25.1 Å². The van der Waals surface area contributed by atoms with E-state index in [0.717, 1.165) is 12.1 Å². The van der Waals surface area contributed by atoms with Crippen LogP contribution in [0.25, 0.3) is 0 Å². The SMILES string of the molecule is CC(C)(CO)CNCc1cc(Cl)c2c(c1)OCO2. The molecule has 4 nitrogen and oxygen atoms in total. The maximum absolute atomic E-state index is 9.16. The molecule has 0 atom stereocenters. The first-order valence-corrected chi connectivity index (χ1v) is 6.29. The zero-order valence-electron chi connectivity index (χ0n) is 10.6. The molecule has 2 rings (SSSR count). The number of aliphatic hydroxyl groups is 1. The van der Waals surface area contributed by atoms with Gasteiger partial charge in [0.2, 0.25) is 6.79 Å². The molecule has 2 N–H and O–H groups in total. The molecule has 5 heteroatoms. The molecular weight excluding hydrogens is 254 g/mol. The molecule has 0 spiro atoms. The lowest BCUT2D eigenvalue weighted by Crippen LogP contribution is -2.31. The highest BCUT2D eigenvalue weighted by Gasteiger charge is 2.19. The summed E-state index contributed by atoms with van der Waals surface area (Å²) in [5.41, 5.74) is 0.915. The monoisotopic (exact) mass is 271 g/mol. The van der Waals surface area contributed by atoms with Crippen molar-refractivity contribution >= 4 is 11.6 Å². The second-order valence-corrected chi connectivity index (χ2v) is 5.64. The third-order valence-corrected chi connectivity index (χ3v) is 3.13. The van der Waals surface area contributed by atoms with Crippen LogP contribution in [0.3, 0.4) is 0 Å². The number of aliphatic hydroxyl groups excluding tert-OH is 1. The Kier molecular flexibility index (Phi) is 4.00. The topological polar surface area (TPSA) is 50.7 Å². The molecule has 0 saturated heterocycles. The summed E-state index contributed by atoms with van der Waals surface area (Å²) in [6.45, 7) is 5.81. The summed E-state index contributed by atoms with van der Waals surface area (Å²) in [5.74, 6) is 1.32. The quantitative estimate of drug-likeness (QED) is 0.862. The van der Waals surface area contributed by atoms with Gasteiger partial charge in [-0.05, 0) is 17.7 Å². The van der Waals surface area contributed by atoms with Gasteiger partial charge in [0.15, 0.2) is 11.5 Å². The molecule has 0 aromatic heterocycles. The van der Waals surface area contributed by atoms with Gasteiger partial charge in [-0.3, -0.25) is 0 Å². The van der Waals surface area contributed by atoms with E-state index in [0.29, 0.717) is 23.1 Å². The number of halogens is 1. The number of ether oxygens (including phenoxy) is 2. The second kappa shape index (κ2) is 5.34. The van der Waals surface area contributed by atoms with Crippen molar-refractivity contribution in [2.45, 2.75) is 20.4 Å². The molecule has 1 aromatic rings. The normalized spacial score (nSPS) is 14.0. The van der Waals surface area contributed by atoms with Crippen LogP contribution in [0.2, 0.25) is 5.02 Å². The van der Waals surface area contributed by atoms with Crippen molar-refractivity contribution in [3.05, 3.63) is 22.7 Å². The van der Waals surface area contributed by atoms with Gasteiger partial charge in [0.1, 0.15) is 0 Å². The van der Waals surface area contributed by atoms with Gasteiger partial charge in [-0.15, -0.1) is 0 Å². The fourth-order valence-corrected chi connectivity index (χ4v) is 2.01. The Bertz CT molecular complexity index is 434. The first-order valence-electron chi connectivity index (χ1n) is 5.91. The van der Waals surface area contributed by atoms with E-state index < -0.39 is 0 Å². The lowest BCUT2D eigenvalue weighted by Gasteiger charge is -2.22. The summed E-state index contributed by atoms with van der Waals surface area (Å²) >= 11 is 6.10. The Morgan fingerprint density at radius 3 is 2.89 bits per heavy atom. The number of rotatable bonds is 5. The van der Waals surface area contributed by atoms with Gasteiger partial charge < -0.3 is 19.9 Å². The second-order valence-electron chi connectivity index (χ2n) is 5.24. The minimum absolute atomic E-state index is 0.125. The van der Waals surface area contributed by atoms with Crippen molar-refractivity contribution < 1.29 is 14.6 Å². The Labute approximate surface area is 112 Å². The summed E-state index contributed by atoms with van der Waals surface area (Å²) in [5, 5.41) is 13.0. The van der Waals surface area contributed by atoms with Crippen molar-refractivity contribution in [3.63, 3.8) is 0 Å².